The van der Waals surface area contributed by atoms with Crippen LogP contribution < -0.4 is 0 Å². The highest BCUT2D eigenvalue weighted by atomic mass is 79.9. The van der Waals surface area contributed by atoms with Gasteiger partial charge in [0, 0.05) is 11.3 Å². The largest absolute Gasteiger partial charge is 0.481 e. The molecule has 5 N–H and O–H groups in total. The first kappa shape index (κ1) is 28.1. The fourth-order valence-electron chi connectivity index (χ4n) is 8.75. The summed E-state index contributed by atoms with van der Waals surface area (Å²) in [4.78, 5) is 49.5. The molecule has 4 rings (SSSR count). The third-order valence-corrected chi connectivity index (χ3v) is 10.6. The van der Waals surface area contributed by atoms with E-state index < -0.39 is 88.5 Å². The van der Waals surface area contributed by atoms with Crippen molar-refractivity contribution in [1.82, 2.24) is 0 Å². The van der Waals surface area contributed by atoms with Gasteiger partial charge in [0.05, 0.1) is 22.4 Å². The first-order valence-electron chi connectivity index (χ1n) is 12.4. The molecule has 2 unspecified atom stereocenters. The summed E-state index contributed by atoms with van der Waals surface area (Å²) in [6, 6.07) is 0. The van der Waals surface area contributed by atoms with Gasteiger partial charge in [0.2, 0.25) is 0 Å². The van der Waals surface area contributed by atoms with E-state index in [0.29, 0.717) is 0 Å². The van der Waals surface area contributed by atoms with E-state index in [1.54, 1.807) is 26.8 Å². The lowest BCUT2D eigenvalue weighted by Gasteiger charge is -2.61. The number of aliphatic hydroxyl groups excluding tert-OH is 3. The molecule has 4 aliphatic carbocycles. The number of Topliss-reactive ketones (excluding diaryl/α,β-unsaturated/α-hetero) is 1. The Hall–Kier alpha value is -1.95. The monoisotopic (exact) mass is 586 g/mol. The van der Waals surface area contributed by atoms with Gasteiger partial charge in [-0.05, 0) is 70.0 Å². The van der Waals surface area contributed by atoms with Crippen LogP contribution in [0, 0.1) is 39.9 Å². The normalized spacial score (nSPS) is 44.5. The number of halogens is 2. The van der Waals surface area contributed by atoms with Crippen LogP contribution in [0.4, 0.5) is 4.39 Å². The lowest BCUT2D eigenvalue weighted by Crippen LogP contribution is -2.65. The van der Waals surface area contributed by atoms with E-state index in [4.69, 9.17) is 5.11 Å². The van der Waals surface area contributed by atoms with Crippen molar-refractivity contribution in [3.63, 3.8) is 0 Å². The highest BCUT2D eigenvalue weighted by Crippen LogP contribution is 2.72. The minimum atomic E-state index is -2.28. The van der Waals surface area contributed by atoms with Crippen molar-refractivity contribution >= 4 is 39.4 Å². The van der Waals surface area contributed by atoms with Gasteiger partial charge in [-0.3, -0.25) is 14.4 Å². The second-order valence-electron chi connectivity index (χ2n) is 11.7. The van der Waals surface area contributed by atoms with Gasteiger partial charge in [-0.25, -0.2) is 9.18 Å². The Morgan fingerprint density at radius 1 is 1.19 bits per heavy atom. The quantitative estimate of drug-likeness (QED) is 0.312. The number of carboxylic acids is 2. The molecule has 0 spiro atoms. The van der Waals surface area contributed by atoms with Crippen LogP contribution in [-0.4, -0.2) is 73.5 Å². The van der Waals surface area contributed by atoms with Gasteiger partial charge in [-0.1, -0.05) is 26.8 Å². The number of hydrogen-bond acceptors (Lipinski definition) is 7. The Balaban J connectivity index is 1.87. The van der Waals surface area contributed by atoms with Crippen molar-refractivity contribution in [2.75, 3.05) is 0 Å². The predicted molar refractivity (Wildman–Crippen MR) is 130 cm³/mol. The van der Waals surface area contributed by atoms with E-state index in [0.717, 1.165) is 0 Å². The number of rotatable bonds is 6. The zero-order valence-corrected chi connectivity index (χ0v) is 22.3. The van der Waals surface area contributed by atoms with Gasteiger partial charge in [-0.2, -0.15) is 0 Å². The third kappa shape index (κ3) is 3.71. The van der Waals surface area contributed by atoms with Crippen LogP contribution in [0.25, 0.3) is 0 Å². The summed E-state index contributed by atoms with van der Waals surface area (Å²) in [6.45, 7) is 4.90. The van der Waals surface area contributed by atoms with Crippen LogP contribution in [-0.2, 0) is 19.2 Å². The molecule has 0 bridgehead atoms. The standard InChI is InChI=1S/C26H32BrFO9/c1-10-4-12-11-5-15(28)13-6-16(29)14(27)8-24(13,2)20(11)18(31)9-25(12,3)26(10,22(35)23(36)37)21(34)17(30)7-19(32)33/h6,8,10-12,15,17-18,20,22,30-31,35H,4-5,7,9H2,1-3H3,(H,32,33)(H,36,37)/t10-,11-,12-,15+,17?,18-,20-,22?,24-,25-,26+/m0/s1. The Morgan fingerprint density at radius 3 is 2.38 bits per heavy atom. The number of fused-ring (bicyclic) bond motifs is 5. The molecular formula is C26H32BrFO9. The Kier molecular flexibility index (Phi) is 6.88. The van der Waals surface area contributed by atoms with Crippen LogP contribution in [0.1, 0.15) is 46.5 Å². The molecule has 204 valence electrons. The summed E-state index contributed by atoms with van der Waals surface area (Å²) in [5.41, 5.74) is -4.28. The van der Waals surface area contributed by atoms with Crippen LogP contribution in [0.5, 0.6) is 0 Å². The summed E-state index contributed by atoms with van der Waals surface area (Å²) in [5, 5.41) is 52.2. The molecule has 0 aromatic heterocycles. The van der Waals surface area contributed by atoms with Crippen molar-refractivity contribution < 1.29 is 49.1 Å². The smallest absolute Gasteiger partial charge is 0.333 e. The molecule has 9 nitrogen and oxygen atoms in total. The molecule has 11 heteroatoms. The average molecular weight is 587 g/mol. The molecular weight excluding hydrogens is 555 g/mol. The van der Waals surface area contributed by atoms with Gasteiger partial charge < -0.3 is 25.5 Å². The van der Waals surface area contributed by atoms with E-state index in [1.165, 1.54) is 6.08 Å². The zero-order chi connectivity index (χ0) is 27.8. The highest BCUT2D eigenvalue weighted by molar-refractivity contribution is 9.12. The minimum Gasteiger partial charge on any atom is -0.481 e. The van der Waals surface area contributed by atoms with Crippen LogP contribution in [0.3, 0.4) is 0 Å². The van der Waals surface area contributed by atoms with Gasteiger partial charge in [0.1, 0.15) is 12.3 Å². The van der Waals surface area contributed by atoms with Crippen molar-refractivity contribution in [2.24, 2.45) is 39.9 Å². The fraction of sp³-hybridized carbons (Fsp3) is 0.692. The maximum absolute atomic E-state index is 15.7. The molecule has 0 aromatic rings. The number of alkyl halides is 1. The highest BCUT2D eigenvalue weighted by Gasteiger charge is 2.75. The maximum atomic E-state index is 15.7. The van der Waals surface area contributed by atoms with Gasteiger partial charge in [-0.15, -0.1) is 0 Å². The van der Waals surface area contributed by atoms with E-state index >= 15 is 4.39 Å². The number of carbonyl (C=O) groups is 4. The molecule has 3 saturated carbocycles. The zero-order valence-electron chi connectivity index (χ0n) is 20.7. The van der Waals surface area contributed by atoms with Crippen LogP contribution in [0.2, 0.25) is 0 Å². The molecule has 11 atom stereocenters. The van der Waals surface area contributed by atoms with Crippen molar-refractivity contribution in [2.45, 2.75) is 70.9 Å². The van der Waals surface area contributed by atoms with Gasteiger partial charge >= 0.3 is 11.9 Å². The maximum Gasteiger partial charge on any atom is 0.333 e. The Bertz CT molecular complexity index is 1120. The molecule has 0 radical (unpaired) electrons. The van der Waals surface area contributed by atoms with E-state index in [2.05, 4.69) is 15.9 Å². The number of hydrogen-bond donors (Lipinski definition) is 5. The lowest BCUT2D eigenvalue weighted by molar-refractivity contribution is -0.196. The third-order valence-electron chi connectivity index (χ3n) is 10.00. The average Bonchev–Trinajstić information content (AvgIpc) is 3.00. The Labute approximate surface area is 221 Å². The fourth-order valence-corrected chi connectivity index (χ4v) is 9.34. The molecule has 3 fully saturated rings. The molecule has 0 aromatic carbocycles. The number of ketones is 2. The summed E-state index contributed by atoms with van der Waals surface area (Å²) in [6.07, 6.45) is -5.17. The van der Waals surface area contributed by atoms with Crippen molar-refractivity contribution in [1.29, 1.82) is 0 Å². The minimum absolute atomic E-state index is 0.0695. The topological polar surface area (TPSA) is 169 Å². The van der Waals surface area contributed by atoms with Crippen LogP contribution >= 0.6 is 15.9 Å². The molecule has 0 saturated heterocycles. The second kappa shape index (κ2) is 9.07. The first-order chi connectivity index (χ1) is 17.0. The molecule has 37 heavy (non-hydrogen) atoms. The number of aliphatic hydroxyl groups is 3. The number of carboxylic acid groups (broad SMARTS) is 2. The first-order valence-corrected chi connectivity index (χ1v) is 13.1. The predicted octanol–water partition coefficient (Wildman–Crippen LogP) is 2.02. The summed E-state index contributed by atoms with van der Waals surface area (Å²) < 4.78 is 15.9. The summed E-state index contributed by atoms with van der Waals surface area (Å²) in [7, 11) is 0. The van der Waals surface area contributed by atoms with Gasteiger partial charge in [0.25, 0.3) is 0 Å². The SMILES string of the molecule is C[C@H]1C[C@H]2[C@@H]3C[C@@H](F)C4=CC(=O)C(Br)=C[C@]4(C)[C@@H]3[C@@H](O)C[C@]2(C)[C@]1(C(=O)C(O)CC(=O)O)C(O)C(=O)O. The molecule has 0 heterocycles. The molecule has 0 amide bonds. The van der Waals surface area contributed by atoms with Gasteiger partial charge in [0.15, 0.2) is 17.7 Å². The number of allylic oxidation sites excluding steroid dienone is 4. The van der Waals surface area contributed by atoms with E-state index in [1.807, 2.05) is 0 Å². The Morgan fingerprint density at radius 2 is 1.81 bits per heavy atom. The summed E-state index contributed by atoms with van der Waals surface area (Å²) in [5.74, 6) is -7.12. The van der Waals surface area contributed by atoms with Crippen molar-refractivity contribution in [3.8, 4) is 0 Å². The van der Waals surface area contributed by atoms with E-state index in [9.17, 15) is 39.6 Å². The lowest BCUT2D eigenvalue weighted by atomic mass is 9.43. The number of aliphatic carboxylic acids is 2. The van der Waals surface area contributed by atoms with E-state index in [-0.39, 0.29) is 35.1 Å². The second-order valence-corrected chi connectivity index (χ2v) is 12.5. The molecule has 0 aliphatic heterocycles. The van der Waals surface area contributed by atoms with Crippen LogP contribution in [0.15, 0.2) is 22.2 Å². The molecule has 4 aliphatic rings. The number of carbonyl (C=O) groups excluding carboxylic acids is 2. The summed E-state index contributed by atoms with van der Waals surface area (Å²) >= 11 is 3.24. The van der Waals surface area contributed by atoms with Crippen molar-refractivity contribution in [3.05, 3.63) is 22.2 Å².